The molecular weight excluding hydrogens is 232 g/mol. The smallest absolute Gasteiger partial charge is 0.00474 e. The van der Waals surface area contributed by atoms with Crippen molar-refractivity contribution in [3.8, 4) is 0 Å². The van der Waals surface area contributed by atoms with Crippen LogP contribution in [0.4, 0.5) is 0 Å². The Bertz CT molecular complexity index is 260. The lowest BCUT2D eigenvalue weighted by atomic mass is 9.68. The Balaban J connectivity index is 1.82. The topological polar surface area (TPSA) is 29.3 Å². The van der Waals surface area contributed by atoms with Crippen LogP contribution in [0.5, 0.6) is 0 Å². The van der Waals surface area contributed by atoms with Crippen LogP contribution < -0.4 is 5.73 Å². The number of nitrogens with zero attached hydrogens (tertiary/aromatic N) is 1. The van der Waals surface area contributed by atoms with Crippen molar-refractivity contribution in [3.63, 3.8) is 0 Å². The van der Waals surface area contributed by atoms with Crippen LogP contribution in [-0.4, -0.2) is 31.1 Å². The molecule has 0 bridgehead atoms. The number of nitrogens with two attached hydrogens (primary N) is 1. The van der Waals surface area contributed by atoms with E-state index in [-0.39, 0.29) is 0 Å². The summed E-state index contributed by atoms with van der Waals surface area (Å²) in [4.78, 5) is 2.70. The van der Waals surface area contributed by atoms with Gasteiger partial charge in [-0.05, 0) is 62.6 Å². The Labute approximate surface area is 120 Å². The van der Waals surface area contributed by atoms with Gasteiger partial charge in [-0.1, -0.05) is 39.5 Å². The first-order valence-electron chi connectivity index (χ1n) is 8.54. The van der Waals surface area contributed by atoms with E-state index in [2.05, 4.69) is 18.7 Å². The van der Waals surface area contributed by atoms with Gasteiger partial charge in [0.2, 0.25) is 0 Å². The summed E-state index contributed by atoms with van der Waals surface area (Å²) in [5.41, 5.74) is 7.09. The zero-order valence-corrected chi connectivity index (χ0v) is 13.2. The molecule has 1 aliphatic carbocycles. The predicted octanol–water partition coefficient (Wildman–Crippen LogP) is 3.80. The molecule has 112 valence electrons. The Morgan fingerprint density at radius 1 is 1.05 bits per heavy atom. The van der Waals surface area contributed by atoms with Crippen LogP contribution in [0.15, 0.2) is 0 Å². The van der Waals surface area contributed by atoms with Gasteiger partial charge < -0.3 is 10.6 Å². The largest absolute Gasteiger partial charge is 0.330 e. The molecule has 19 heavy (non-hydrogen) atoms. The minimum atomic E-state index is 0.339. The van der Waals surface area contributed by atoms with Crippen LogP contribution in [0.3, 0.4) is 0 Å². The highest BCUT2D eigenvalue weighted by Crippen LogP contribution is 2.44. The monoisotopic (exact) mass is 266 g/mol. The van der Waals surface area contributed by atoms with Gasteiger partial charge in [0.1, 0.15) is 0 Å². The standard InChI is InChI=1S/C17H34N2/c1-3-7-16(2,14-18)15-19-12-10-17(11-13-19)8-5-4-6-9-17/h3-15,18H2,1-2H3. The van der Waals surface area contributed by atoms with E-state index >= 15 is 0 Å². The second-order valence-corrected chi connectivity index (χ2v) is 7.60. The highest BCUT2D eigenvalue weighted by molar-refractivity contribution is 4.90. The van der Waals surface area contributed by atoms with Gasteiger partial charge in [0.05, 0.1) is 0 Å². The van der Waals surface area contributed by atoms with Crippen LogP contribution in [-0.2, 0) is 0 Å². The Hall–Kier alpha value is -0.0800. The molecule has 2 fully saturated rings. The fraction of sp³-hybridized carbons (Fsp3) is 1.00. The van der Waals surface area contributed by atoms with Gasteiger partial charge in [-0.25, -0.2) is 0 Å². The summed E-state index contributed by atoms with van der Waals surface area (Å²) in [6.07, 6.45) is 12.9. The maximum absolute atomic E-state index is 6.02. The lowest BCUT2D eigenvalue weighted by molar-refractivity contribution is 0.0448. The summed E-state index contributed by atoms with van der Waals surface area (Å²) >= 11 is 0. The molecular formula is C17H34N2. The lowest BCUT2D eigenvalue weighted by Gasteiger charge is -2.46. The van der Waals surface area contributed by atoms with E-state index in [1.54, 1.807) is 0 Å². The molecule has 0 aromatic heterocycles. The molecule has 1 atom stereocenters. The van der Waals surface area contributed by atoms with Crippen molar-refractivity contribution in [3.05, 3.63) is 0 Å². The van der Waals surface area contributed by atoms with Gasteiger partial charge in [0.15, 0.2) is 0 Å². The minimum absolute atomic E-state index is 0.339. The molecule has 1 saturated carbocycles. The first kappa shape index (κ1) is 15.3. The van der Waals surface area contributed by atoms with Crippen LogP contribution in [0.25, 0.3) is 0 Å². The minimum Gasteiger partial charge on any atom is -0.330 e. The highest BCUT2D eigenvalue weighted by Gasteiger charge is 2.36. The SMILES string of the molecule is CCCC(C)(CN)CN1CCC2(CCCCC2)CC1. The molecule has 1 heterocycles. The highest BCUT2D eigenvalue weighted by atomic mass is 15.1. The van der Waals surface area contributed by atoms with Crippen molar-refractivity contribution >= 4 is 0 Å². The summed E-state index contributed by atoms with van der Waals surface area (Å²) in [7, 11) is 0. The molecule has 0 radical (unpaired) electrons. The van der Waals surface area contributed by atoms with E-state index in [0.29, 0.717) is 5.41 Å². The zero-order valence-electron chi connectivity index (χ0n) is 13.2. The maximum Gasteiger partial charge on any atom is 0.00474 e. The number of rotatable bonds is 5. The molecule has 0 aromatic rings. The first-order valence-corrected chi connectivity index (χ1v) is 8.54. The molecule has 1 aliphatic heterocycles. The Morgan fingerprint density at radius 3 is 2.21 bits per heavy atom. The molecule has 1 saturated heterocycles. The average Bonchev–Trinajstić information content (AvgIpc) is 2.43. The molecule has 2 heteroatoms. The van der Waals surface area contributed by atoms with Gasteiger partial charge in [-0.3, -0.25) is 0 Å². The van der Waals surface area contributed by atoms with Crippen molar-refractivity contribution in [1.82, 2.24) is 4.90 Å². The zero-order chi connectivity index (χ0) is 13.8. The van der Waals surface area contributed by atoms with Gasteiger partial charge in [-0.2, -0.15) is 0 Å². The predicted molar refractivity (Wildman–Crippen MR) is 83.3 cm³/mol. The first-order chi connectivity index (χ1) is 9.11. The molecule has 2 nitrogen and oxygen atoms in total. The van der Waals surface area contributed by atoms with Crippen LogP contribution in [0, 0.1) is 10.8 Å². The molecule has 0 amide bonds. The Kier molecular flexibility index (Phi) is 5.30. The number of hydrogen-bond acceptors (Lipinski definition) is 2. The summed E-state index contributed by atoms with van der Waals surface area (Å²) in [6, 6.07) is 0. The van der Waals surface area contributed by atoms with Crippen molar-refractivity contribution < 1.29 is 0 Å². The average molecular weight is 266 g/mol. The molecule has 1 unspecified atom stereocenters. The van der Waals surface area contributed by atoms with Crippen LogP contribution >= 0.6 is 0 Å². The van der Waals surface area contributed by atoms with E-state index in [1.807, 2.05) is 0 Å². The molecule has 2 rings (SSSR count). The van der Waals surface area contributed by atoms with Crippen molar-refractivity contribution in [1.29, 1.82) is 0 Å². The third kappa shape index (κ3) is 3.95. The fourth-order valence-electron chi connectivity index (χ4n) is 4.38. The quantitative estimate of drug-likeness (QED) is 0.820. The molecule has 2 N–H and O–H groups in total. The number of likely N-dealkylation sites (tertiary alicyclic amines) is 1. The normalized spacial score (nSPS) is 27.3. The van der Waals surface area contributed by atoms with Gasteiger partial charge in [0, 0.05) is 6.54 Å². The van der Waals surface area contributed by atoms with Crippen LogP contribution in [0.2, 0.25) is 0 Å². The summed E-state index contributed by atoms with van der Waals surface area (Å²) in [6.45, 7) is 9.34. The second kappa shape index (κ2) is 6.58. The van der Waals surface area contributed by atoms with Crippen molar-refractivity contribution in [2.75, 3.05) is 26.2 Å². The van der Waals surface area contributed by atoms with E-state index < -0.39 is 0 Å². The third-order valence-electron chi connectivity index (χ3n) is 5.78. The van der Waals surface area contributed by atoms with Crippen molar-refractivity contribution in [2.24, 2.45) is 16.6 Å². The lowest BCUT2D eigenvalue weighted by Crippen LogP contribution is -2.47. The maximum atomic E-state index is 6.02. The summed E-state index contributed by atoms with van der Waals surface area (Å²) in [5, 5.41) is 0. The van der Waals surface area contributed by atoms with Gasteiger partial charge in [0.25, 0.3) is 0 Å². The summed E-state index contributed by atoms with van der Waals surface area (Å²) in [5.74, 6) is 0. The van der Waals surface area contributed by atoms with Crippen LogP contribution in [0.1, 0.15) is 71.6 Å². The Morgan fingerprint density at radius 2 is 1.68 bits per heavy atom. The molecule has 1 spiro atoms. The molecule has 2 aliphatic rings. The van der Waals surface area contributed by atoms with E-state index in [1.165, 1.54) is 77.4 Å². The summed E-state index contributed by atoms with van der Waals surface area (Å²) < 4.78 is 0. The van der Waals surface area contributed by atoms with E-state index in [0.717, 1.165) is 12.0 Å². The number of hydrogen-bond donors (Lipinski definition) is 1. The third-order valence-corrected chi connectivity index (χ3v) is 5.78. The van der Waals surface area contributed by atoms with Gasteiger partial charge >= 0.3 is 0 Å². The number of piperidine rings is 1. The molecule has 0 aromatic carbocycles. The van der Waals surface area contributed by atoms with E-state index in [4.69, 9.17) is 5.73 Å². The van der Waals surface area contributed by atoms with E-state index in [9.17, 15) is 0 Å². The van der Waals surface area contributed by atoms with Gasteiger partial charge in [-0.15, -0.1) is 0 Å². The second-order valence-electron chi connectivity index (χ2n) is 7.60. The van der Waals surface area contributed by atoms with Crippen molar-refractivity contribution in [2.45, 2.75) is 71.6 Å². The fourth-order valence-corrected chi connectivity index (χ4v) is 4.38.